The standard InChI is InChI=1S/C6H10NO2.Y/c1-5(8)4-6(9)7(2)3;/h4H,1-3H3;/q-1;+3. The quantitative estimate of drug-likeness (QED) is 0.477. The molecule has 1 amide bonds. The number of rotatable bonds is 2. The van der Waals surface area contributed by atoms with Gasteiger partial charge in [-0.15, -0.1) is 0 Å². The maximum absolute atomic E-state index is 10.6. The molecule has 0 aromatic rings. The van der Waals surface area contributed by atoms with Gasteiger partial charge in [0.15, 0.2) is 0 Å². The van der Waals surface area contributed by atoms with Crippen LogP contribution in [-0.2, 0) is 42.3 Å². The van der Waals surface area contributed by atoms with Crippen molar-refractivity contribution < 1.29 is 42.3 Å². The Morgan fingerprint density at radius 2 is 1.70 bits per heavy atom. The first-order chi connectivity index (χ1) is 4.04. The van der Waals surface area contributed by atoms with Crippen molar-refractivity contribution in [2.24, 2.45) is 0 Å². The van der Waals surface area contributed by atoms with Gasteiger partial charge in [-0.05, 0) is 6.92 Å². The molecule has 10 heavy (non-hydrogen) atoms. The molecule has 0 fully saturated rings. The van der Waals surface area contributed by atoms with Crippen LogP contribution in [0.3, 0.4) is 0 Å². The van der Waals surface area contributed by atoms with Crippen LogP contribution in [0.5, 0.6) is 0 Å². The van der Waals surface area contributed by atoms with Crippen molar-refractivity contribution in [1.82, 2.24) is 4.90 Å². The van der Waals surface area contributed by atoms with Gasteiger partial charge < -0.3 is 14.5 Å². The van der Waals surface area contributed by atoms with Crippen LogP contribution in [0.4, 0.5) is 0 Å². The summed E-state index contributed by atoms with van der Waals surface area (Å²) in [6, 6.07) is 0. The van der Waals surface area contributed by atoms with E-state index in [1.54, 1.807) is 14.1 Å². The van der Waals surface area contributed by atoms with Gasteiger partial charge in [-0.2, -0.15) is 0 Å². The van der Waals surface area contributed by atoms with Gasteiger partial charge in [0.1, 0.15) is 0 Å². The fraction of sp³-hybridized carbons (Fsp3) is 0.500. The van der Waals surface area contributed by atoms with Gasteiger partial charge in [0.25, 0.3) is 0 Å². The van der Waals surface area contributed by atoms with Crippen LogP contribution < -0.4 is 0 Å². The summed E-state index contributed by atoms with van der Waals surface area (Å²) in [5.41, 5.74) is 0. The molecule has 0 rings (SSSR count). The smallest absolute Gasteiger partial charge is 0.373 e. The molecule has 3 nitrogen and oxygen atoms in total. The topological polar surface area (TPSA) is 37.4 Å². The van der Waals surface area contributed by atoms with Crippen LogP contribution in [0.15, 0.2) is 0 Å². The van der Waals surface area contributed by atoms with E-state index in [9.17, 15) is 9.59 Å². The third-order valence-corrected chi connectivity index (χ3v) is 0.768. The second-order valence-electron chi connectivity index (χ2n) is 1.99. The molecule has 0 N–H and O–H groups in total. The van der Waals surface area contributed by atoms with Crippen LogP contribution in [0.2, 0.25) is 0 Å². The van der Waals surface area contributed by atoms with Gasteiger partial charge >= 0.3 is 32.7 Å². The Morgan fingerprint density at radius 1 is 1.30 bits per heavy atom. The van der Waals surface area contributed by atoms with Gasteiger partial charge in [0, 0.05) is 19.9 Å². The molecular weight excluding hydrogens is 207 g/mol. The summed E-state index contributed by atoms with van der Waals surface area (Å²) in [6.07, 6.45) is 1.06. The minimum atomic E-state index is -0.262. The van der Waals surface area contributed by atoms with Gasteiger partial charge in [0.05, 0.1) is 5.91 Å². The van der Waals surface area contributed by atoms with Crippen molar-refractivity contribution in [2.45, 2.75) is 6.92 Å². The van der Waals surface area contributed by atoms with E-state index in [1.165, 1.54) is 11.8 Å². The van der Waals surface area contributed by atoms with E-state index in [-0.39, 0.29) is 44.4 Å². The number of amides is 1. The van der Waals surface area contributed by atoms with E-state index in [2.05, 4.69) is 0 Å². The Kier molecular flexibility index (Phi) is 7.49. The molecule has 0 aromatic carbocycles. The maximum Gasteiger partial charge on any atom is 3.00 e. The van der Waals surface area contributed by atoms with Gasteiger partial charge in [-0.25, -0.2) is 6.42 Å². The van der Waals surface area contributed by atoms with Crippen molar-refractivity contribution in [3.8, 4) is 0 Å². The minimum Gasteiger partial charge on any atom is -0.373 e. The number of Topliss-reactive ketones (excluding diaryl/α,β-unsaturated/α-hetero) is 1. The largest absolute Gasteiger partial charge is 3.00 e. The number of nitrogens with zero attached hydrogens (tertiary/aromatic N) is 1. The average Bonchev–Trinajstić information content (AvgIpc) is 1.63. The summed E-state index contributed by atoms with van der Waals surface area (Å²) >= 11 is 0. The van der Waals surface area contributed by atoms with E-state index in [4.69, 9.17) is 0 Å². The molecular formula is C6H10NO2Y+2. The molecule has 0 aliphatic carbocycles. The monoisotopic (exact) mass is 217 g/mol. The summed E-state index contributed by atoms with van der Waals surface area (Å²) in [7, 11) is 3.20. The Labute approximate surface area is 86.0 Å². The molecule has 0 aliphatic heterocycles. The Balaban J connectivity index is 0. The number of hydrogen-bond donors (Lipinski definition) is 0. The van der Waals surface area contributed by atoms with Gasteiger partial charge in [0.2, 0.25) is 0 Å². The molecule has 0 aromatic heterocycles. The summed E-state index contributed by atoms with van der Waals surface area (Å²) in [5.74, 6) is -0.476. The van der Waals surface area contributed by atoms with E-state index in [0.29, 0.717) is 0 Å². The molecule has 0 aliphatic rings. The van der Waals surface area contributed by atoms with Crippen LogP contribution in [0.25, 0.3) is 0 Å². The second kappa shape index (κ2) is 5.87. The zero-order chi connectivity index (χ0) is 7.44. The van der Waals surface area contributed by atoms with Crippen LogP contribution in [0, 0.1) is 6.42 Å². The van der Waals surface area contributed by atoms with Crippen molar-refractivity contribution in [1.29, 1.82) is 0 Å². The molecule has 0 heterocycles. The van der Waals surface area contributed by atoms with Gasteiger partial charge in [-0.1, -0.05) is 0 Å². The number of carbonyl (C=O) groups excluding carboxylic acids is 2. The fourth-order valence-electron chi connectivity index (χ4n) is 0.303. The minimum absolute atomic E-state index is 0. The third kappa shape index (κ3) is 6.24. The third-order valence-electron chi connectivity index (χ3n) is 0.768. The summed E-state index contributed by atoms with van der Waals surface area (Å²) in [6.45, 7) is 1.35. The fourth-order valence-corrected chi connectivity index (χ4v) is 0.303. The molecule has 4 heteroatoms. The number of hydrogen-bond acceptors (Lipinski definition) is 2. The van der Waals surface area contributed by atoms with E-state index in [1.807, 2.05) is 0 Å². The van der Waals surface area contributed by atoms with Crippen molar-refractivity contribution >= 4 is 11.7 Å². The Bertz CT molecular complexity index is 134. The average molecular weight is 217 g/mol. The van der Waals surface area contributed by atoms with Crippen molar-refractivity contribution in [2.75, 3.05) is 14.1 Å². The van der Waals surface area contributed by atoms with E-state index in [0.717, 1.165) is 6.42 Å². The molecule has 0 bridgehead atoms. The van der Waals surface area contributed by atoms with Crippen LogP contribution in [-0.4, -0.2) is 30.7 Å². The second-order valence-corrected chi connectivity index (χ2v) is 1.99. The zero-order valence-corrected chi connectivity index (χ0v) is 9.26. The molecule has 0 atom stereocenters. The Hall–Kier alpha value is 0.114. The SMILES string of the molecule is CC(=O)[CH-]C(=O)N(C)C.[Y+3]. The van der Waals surface area contributed by atoms with Crippen LogP contribution >= 0.6 is 0 Å². The first-order valence-electron chi connectivity index (χ1n) is 2.60. The Morgan fingerprint density at radius 3 is 1.80 bits per heavy atom. The maximum atomic E-state index is 10.6. The van der Waals surface area contributed by atoms with Gasteiger partial charge in [-0.3, -0.25) is 0 Å². The van der Waals surface area contributed by atoms with Crippen LogP contribution in [0.1, 0.15) is 6.92 Å². The number of ketones is 1. The zero-order valence-electron chi connectivity index (χ0n) is 6.42. The predicted octanol–water partition coefficient (Wildman–Crippen LogP) is -0.135. The normalized spacial score (nSPS) is 7.50. The van der Waals surface area contributed by atoms with Crippen molar-refractivity contribution in [3.05, 3.63) is 6.42 Å². The molecule has 0 saturated heterocycles. The summed E-state index contributed by atoms with van der Waals surface area (Å²) < 4.78 is 0. The molecule has 0 unspecified atom stereocenters. The first kappa shape index (κ1) is 12.8. The van der Waals surface area contributed by atoms with Crippen molar-refractivity contribution in [3.63, 3.8) is 0 Å². The van der Waals surface area contributed by atoms with E-state index < -0.39 is 0 Å². The molecule has 0 radical (unpaired) electrons. The first-order valence-corrected chi connectivity index (χ1v) is 2.60. The molecule has 0 saturated carbocycles. The predicted molar refractivity (Wildman–Crippen MR) is 33.7 cm³/mol. The molecule has 0 spiro atoms. The summed E-state index contributed by atoms with van der Waals surface area (Å²) in [5, 5.41) is 0. The van der Waals surface area contributed by atoms with E-state index >= 15 is 0 Å². The summed E-state index contributed by atoms with van der Waals surface area (Å²) in [4.78, 5) is 22.2. The molecule has 52 valence electrons. The number of carbonyl (C=O) groups is 2.